The Morgan fingerprint density at radius 1 is 0.943 bits per heavy atom. The van der Waals surface area contributed by atoms with Gasteiger partial charge in [-0.25, -0.2) is 4.98 Å². The molecule has 0 bridgehead atoms. The van der Waals surface area contributed by atoms with E-state index in [1.54, 1.807) is 11.3 Å². The summed E-state index contributed by atoms with van der Waals surface area (Å²) < 4.78 is 5.84. The zero-order valence-electron chi connectivity index (χ0n) is 18.9. The van der Waals surface area contributed by atoms with E-state index in [1.807, 2.05) is 54.6 Å². The van der Waals surface area contributed by atoms with Crippen LogP contribution in [-0.4, -0.2) is 10.9 Å². The molecule has 174 valence electrons. The van der Waals surface area contributed by atoms with Gasteiger partial charge in [0.2, 0.25) is 0 Å². The standard InChI is InChI=1S/C28H23N3O2S2/c29-25-24-23(22-11-6-16-34-22)20-9-4-5-10-21(20)31-28(24)35-26(25)27(32)30-17-12-14-19(15-13-17)33-18-7-2-1-3-8-18/h1-3,6-8,11-16H,4-5,9-10,29H2,(H,30,32). The third kappa shape index (κ3) is 4.17. The van der Waals surface area contributed by atoms with Crippen LogP contribution in [0.15, 0.2) is 72.1 Å². The quantitative estimate of drug-likeness (QED) is 0.263. The number of pyridine rings is 1. The first-order chi connectivity index (χ1) is 17.2. The summed E-state index contributed by atoms with van der Waals surface area (Å²) in [5.41, 5.74) is 11.4. The minimum atomic E-state index is -0.225. The molecule has 6 rings (SSSR count). The molecule has 0 aliphatic heterocycles. The molecule has 1 aliphatic carbocycles. The summed E-state index contributed by atoms with van der Waals surface area (Å²) in [5, 5.41) is 5.98. The number of hydrogen-bond acceptors (Lipinski definition) is 6. The van der Waals surface area contributed by atoms with Gasteiger partial charge in [0.05, 0.1) is 5.69 Å². The first-order valence-corrected chi connectivity index (χ1v) is 13.3. The topological polar surface area (TPSA) is 77.2 Å². The van der Waals surface area contributed by atoms with Crippen LogP contribution in [0.3, 0.4) is 0 Å². The predicted octanol–water partition coefficient (Wildman–Crippen LogP) is 7.53. The highest BCUT2D eigenvalue weighted by molar-refractivity contribution is 7.21. The van der Waals surface area contributed by atoms with Crippen molar-refractivity contribution < 1.29 is 9.53 Å². The van der Waals surface area contributed by atoms with Crippen LogP contribution in [-0.2, 0) is 12.8 Å². The Morgan fingerprint density at radius 2 is 1.71 bits per heavy atom. The van der Waals surface area contributed by atoms with E-state index < -0.39 is 0 Å². The van der Waals surface area contributed by atoms with Crippen molar-refractivity contribution in [3.63, 3.8) is 0 Å². The number of fused-ring (bicyclic) bond motifs is 2. The van der Waals surface area contributed by atoms with Gasteiger partial charge in [0.25, 0.3) is 5.91 Å². The molecule has 1 amide bonds. The van der Waals surface area contributed by atoms with E-state index in [4.69, 9.17) is 15.5 Å². The highest BCUT2D eigenvalue weighted by Crippen LogP contribution is 2.45. The van der Waals surface area contributed by atoms with Crippen LogP contribution in [0.25, 0.3) is 20.7 Å². The third-order valence-electron chi connectivity index (χ3n) is 6.22. The van der Waals surface area contributed by atoms with E-state index in [1.165, 1.54) is 21.8 Å². The summed E-state index contributed by atoms with van der Waals surface area (Å²) in [6.07, 6.45) is 4.27. The van der Waals surface area contributed by atoms with Gasteiger partial charge in [-0.1, -0.05) is 24.3 Å². The second-order valence-corrected chi connectivity index (χ2v) is 10.5. The number of amides is 1. The second kappa shape index (κ2) is 9.17. The summed E-state index contributed by atoms with van der Waals surface area (Å²) >= 11 is 3.08. The Morgan fingerprint density at radius 3 is 2.49 bits per heavy atom. The Hall–Kier alpha value is -3.68. The van der Waals surface area contributed by atoms with E-state index in [2.05, 4.69) is 22.8 Å². The van der Waals surface area contributed by atoms with Gasteiger partial charge in [-0.2, -0.15) is 0 Å². The third-order valence-corrected chi connectivity index (χ3v) is 8.20. The van der Waals surface area contributed by atoms with Gasteiger partial charge >= 0.3 is 0 Å². The van der Waals surface area contributed by atoms with Crippen molar-refractivity contribution in [1.29, 1.82) is 0 Å². The van der Waals surface area contributed by atoms with Crippen LogP contribution in [0.1, 0.15) is 33.8 Å². The fraction of sp³-hybridized carbons (Fsp3) is 0.143. The van der Waals surface area contributed by atoms with E-state index >= 15 is 0 Å². The summed E-state index contributed by atoms with van der Waals surface area (Å²) in [7, 11) is 0. The maximum atomic E-state index is 13.3. The van der Waals surface area contributed by atoms with E-state index in [9.17, 15) is 4.79 Å². The lowest BCUT2D eigenvalue weighted by Gasteiger charge is -2.19. The zero-order chi connectivity index (χ0) is 23.8. The number of aromatic nitrogens is 1. The maximum absolute atomic E-state index is 13.3. The average molecular weight is 498 g/mol. The molecule has 0 spiro atoms. The van der Waals surface area contributed by atoms with Crippen LogP contribution < -0.4 is 15.8 Å². The summed E-state index contributed by atoms with van der Waals surface area (Å²) in [6.45, 7) is 0. The van der Waals surface area contributed by atoms with Crippen molar-refractivity contribution in [3.05, 3.63) is 88.2 Å². The normalized spacial score (nSPS) is 12.9. The molecule has 2 aromatic carbocycles. The van der Waals surface area contributed by atoms with Crippen molar-refractivity contribution in [3.8, 4) is 21.9 Å². The van der Waals surface area contributed by atoms with Gasteiger partial charge in [-0.3, -0.25) is 4.79 Å². The summed E-state index contributed by atoms with van der Waals surface area (Å²) in [4.78, 5) is 20.7. The molecule has 0 unspecified atom stereocenters. The lowest BCUT2D eigenvalue weighted by molar-refractivity contribution is 0.103. The Labute approximate surface area is 211 Å². The van der Waals surface area contributed by atoms with Gasteiger partial charge in [0, 0.05) is 27.2 Å². The molecule has 0 saturated carbocycles. The van der Waals surface area contributed by atoms with Gasteiger partial charge in [0.1, 0.15) is 21.2 Å². The van der Waals surface area contributed by atoms with Crippen molar-refractivity contribution >= 4 is 50.2 Å². The molecule has 1 aliphatic rings. The molecule has 3 heterocycles. The molecule has 35 heavy (non-hydrogen) atoms. The van der Waals surface area contributed by atoms with Crippen molar-refractivity contribution in [2.75, 3.05) is 11.1 Å². The molecule has 5 aromatic rings. The monoisotopic (exact) mass is 497 g/mol. The van der Waals surface area contributed by atoms with E-state index in [0.717, 1.165) is 52.9 Å². The highest BCUT2D eigenvalue weighted by atomic mass is 32.1. The first kappa shape index (κ1) is 21.8. The number of anilines is 2. The largest absolute Gasteiger partial charge is 0.457 e. The van der Waals surface area contributed by atoms with Crippen molar-refractivity contribution in [1.82, 2.24) is 4.98 Å². The Balaban J connectivity index is 1.31. The van der Waals surface area contributed by atoms with Crippen LogP contribution in [0.5, 0.6) is 11.5 Å². The van der Waals surface area contributed by atoms with Gasteiger partial charge in [-0.15, -0.1) is 22.7 Å². The molecule has 7 heteroatoms. The SMILES string of the molecule is Nc1c(C(=O)Nc2ccc(Oc3ccccc3)cc2)sc2nc3c(c(-c4cccs4)c12)CCCC3. The molecule has 0 atom stereocenters. The summed E-state index contributed by atoms with van der Waals surface area (Å²) in [5.74, 6) is 1.24. The molecule has 3 N–H and O–H groups in total. The number of nitrogens with one attached hydrogen (secondary N) is 1. The van der Waals surface area contributed by atoms with Gasteiger partial charge in [-0.05, 0) is 79.1 Å². The Bertz CT molecular complexity index is 1510. The van der Waals surface area contributed by atoms with Crippen LogP contribution in [0.2, 0.25) is 0 Å². The number of nitrogens with zero attached hydrogens (tertiary/aromatic N) is 1. The fourth-order valence-electron chi connectivity index (χ4n) is 4.59. The average Bonchev–Trinajstić information content (AvgIpc) is 3.53. The number of benzene rings is 2. The number of rotatable bonds is 5. The Kier molecular flexibility index (Phi) is 5.72. The maximum Gasteiger partial charge on any atom is 0.267 e. The van der Waals surface area contributed by atoms with Crippen LogP contribution in [0.4, 0.5) is 11.4 Å². The predicted molar refractivity (Wildman–Crippen MR) is 145 cm³/mol. The molecule has 5 nitrogen and oxygen atoms in total. The number of hydrogen-bond donors (Lipinski definition) is 2. The number of ether oxygens (including phenoxy) is 1. The van der Waals surface area contributed by atoms with Crippen LogP contribution >= 0.6 is 22.7 Å². The minimum absolute atomic E-state index is 0.225. The van der Waals surface area contributed by atoms with Crippen molar-refractivity contribution in [2.24, 2.45) is 0 Å². The molecular formula is C28H23N3O2S2. The van der Waals surface area contributed by atoms with E-state index in [0.29, 0.717) is 22.0 Å². The molecule has 3 aromatic heterocycles. The van der Waals surface area contributed by atoms with E-state index in [-0.39, 0.29) is 5.91 Å². The first-order valence-electron chi connectivity index (χ1n) is 11.6. The molecule has 0 saturated heterocycles. The highest BCUT2D eigenvalue weighted by Gasteiger charge is 2.26. The number of para-hydroxylation sites is 1. The van der Waals surface area contributed by atoms with Crippen LogP contribution in [0, 0.1) is 0 Å². The number of nitrogens with two attached hydrogens (primary N) is 1. The lowest BCUT2D eigenvalue weighted by Crippen LogP contribution is -2.12. The molecule has 0 fully saturated rings. The number of thiophene rings is 2. The number of aryl methyl sites for hydroxylation is 1. The second-order valence-electron chi connectivity index (χ2n) is 8.52. The number of carbonyl (C=O) groups is 1. The lowest BCUT2D eigenvalue weighted by atomic mass is 9.90. The van der Waals surface area contributed by atoms with Crippen molar-refractivity contribution in [2.45, 2.75) is 25.7 Å². The molecule has 0 radical (unpaired) electrons. The number of carbonyl (C=O) groups excluding carboxylic acids is 1. The smallest absolute Gasteiger partial charge is 0.267 e. The molecular weight excluding hydrogens is 474 g/mol. The van der Waals surface area contributed by atoms with Gasteiger partial charge in [0.15, 0.2) is 0 Å². The zero-order valence-corrected chi connectivity index (χ0v) is 20.5. The summed E-state index contributed by atoms with van der Waals surface area (Å²) in [6, 6.07) is 21.1. The van der Waals surface area contributed by atoms with Gasteiger partial charge < -0.3 is 15.8 Å². The minimum Gasteiger partial charge on any atom is -0.457 e. The fourth-order valence-corrected chi connectivity index (χ4v) is 6.41. The number of nitrogen functional groups attached to an aromatic ring is 1.